The van der Waals surface area contributed by atoms with E-state index in [-0.39, 0.29) is 0 Å². The fourth-order valence-corrected chi connectivity index (χ4v) is 1.48. The van der Waals surface area contributed by atoms with Gasteiger partial charge in [0.05, 0.1) is 17.1 Å². The average Bonchev–Trinajstić information content (AvgIpc) is 2.27. The molecular formula is C7H6N2S. The molecule has 0 spiro atoms. The predicted molar refractivity (Wildman–Crippen MR) is 44.0 cm³/mol. The fourth-order valence-electron chi connectivity index (χ4n) is 0.826. The van der Waals surface area contributed by atoms with Crippen molar-refractivity contribution in [1.82, 2.24) is 4.98 Å². The molecule has 0 unspecified atom stereocenters. The van der Waals surface area contributed by atoms with Crippen molar-refractivity contribution in [1.29, 1.82) is 0 Å². The van der Waals surface area contributed by atoms with Gasteiger partial charge in [0.2, 0.25) is 0 Å². The van der Waals surface area contributed by atoms with Crippen LogP contribution < -0.4 is 5.73 Å². The van der Waals surface area contributed by atoms with E-state index in [4.69, 9.17) is 7.10 Å². The van der Waals surface area contributed by atoms with Crippen LogP contribution in [0.5, 0.6) is 0 Å². The maximum atomic E-state index is 7.26. The largest absolute Gasteiger partial charge is 0.399 e. The third-order valence-corrected chi connectivity index (χ3v) is 2.04. The summed E-state index contributed by atoms with van der Waals surface area (Å²) in [6, 6.07) is 5.46. The van der Waals surface area contributed by atoms with Gasteiger partial charge in [-0.05, 0) is 18.2 Å². The molecule has 1 aromatic carbocycles. The molecule has 0 aliphatic rings. The van der Waals surface area contributed by atoms with E-state index in [1.165, 1.54) is 11.3 Å². The molecule has 0 atom stereocenters. The number of nitrogens with two attached hydrogens (primary N) is 1. The molecule has 1 aromatic heterocycles. The second kappa shape index (κ2) is 1.95. The number of thiazole rings is 1. The van der Waals surface area contributed by atoms with Gasteiger partial charge in [-0.25, -0.2) is 4.98 Å². The molecule has 3 heteroatoms. The summed E-state index contributed by atoms with van der Waals surface area (Å²) in [5.74, 6) is 0. The van der Waals surface area contributed by atoms with Crippen LogP contribution in [0.3, 0.4) is 0 Å². The predicted octanol–water partition coefficient (Wildman–Crippen LogP) is 1.88. The van der Waals surface area contributed by atoms with Gasteiger partial charge >= 0.3 is 0 Å². The van der Waals surface area contributed by atoms with E-state index in [9.17, 15) is 0 Å². The van der Waals surface area contributed by atoms with Gasteiger partial charge in [-0.15, -0.1) is 11.3 Å². The Balaban J connectivity index is 2.82. The van der Waals surface area contributed by atoms with Crippen LogP contribution >= 0.6 is 11.3 Å². The van der Waals surface area contributed by atoms with E-state index in [2.05, 4.69) is 4.98 Å². The first-order valence-corrected chi connectivity index (χ1v) is 3.70. The number of nitrogens with zero attached hydrogens (tertiary/aromatic N) is 1. The van der Waals surface area contributed by atoms with Crippen LogP contribution in [-0.2, 0) is 0 Å². The number of anilines is 1. The molecule has 1 heterocycles. The molecular weight excluding hydrogens is 144 g/mol. The van der Waals surface area contributed by atoms with E-state index < -0.39 is 0 Å². The lowest BCUT2D eigenvalue weighted by atomic mass is 10.3. The second-order valence-electron chi connectivity index (χ2n) is 2.03. The molecule has 50 valence electrons. The molecule has 0 aliphatic heterocycles. The van der Waals surface area contributed by atoms with Crippen LogP contribution in [0.4, 0.5) is 5.69 Å². The van der Waals surface area contributed by atoms with E-state index in [0.717, 1.165) is 15.9 Å². The van der Waals surface area contributed by atoms with Crippen LogP contribution in [-0.4, -0.2) is 4.98 Å². The number of nitrogen functional groups attached to an aromatic ring is 1. The second-order valence-corrected chi connectivity index (χ2v) is 2.86. The van der Waals surface area contributed by atoms with Gasteiger partial charge < -0.3 is 5.73 Å². The molecule has 0 fully saturated rings. The minimum absolute atomic E-state index is 0.339. The van der Waals surface area contributed by atoms with Gasteiger partial charge in [0.25, 0.3) is 0 Å². The molecule has 0 bridgehead atoms. The molecule has 0 radical (unpaired) electrons. The Bertz CT molecular complexity index is 396. The fraction of sp³-hybridized carbons (Fsp3) is 0. The van der Waals surface area contributed by atoms with Gasteiger partial charge in [-0.2, -0.15) is 0 Å². The van der Waals surface area contributed by atoms with Gasteiger partial charge in [0, 0.05) is 5.69 Å². The summed E-state index contributed by atoms with van der Waals surface area (Å²) in [5.41, 5.74) is 7.47. The molecule has 10 heavy (non-hydrogen) atoms. The van der Waals surface area contributed by atoms with E-state index in [0.29, 0.717) is 5.49 Å². The molecule has 2 aromatic rings. The van der Waals surface area contributed by atoms with Crippen LogP contribution in [0.2, 0.25) is 0 Å². The molecule has 0 aliphatic carbocycles. The summed E-state index contributed by atoms with van der Waals surface area (Å²) in [5, 5.41) is 0. The SMILES string of the molecule is [2H]c1nc2ccc(N)cc2s1. The third kappa shape index (κ3) is 0.752. The smallest absolute Gasteiger partial charge is 0.0960 e. The van der Waals surface area contributed by atoms with Crippen LogP contribution in [0.1, 0.15) is 1.37 Å². The Kier molecular flexibility index (Phi) is 0.914. The maximum absolute atomic E-state index is 7.26. The van der Waals surface area contributed by atoms with Crippen LogP contribution in [0.25, 0.3) is 10.2 Å². The quantitative estimate of drug-likeness (QED) is 0.584. The lowest BCUT2D eigenvalue weighted by Gasteiger charge is -1.89. The molecule has 2 N–H and O–H groups in total. The highest BCUT2D eigenvalue weighted by molar-refractivity contribution is 7.16. The Labute approximate surface area is 63.7 Å². The van der Waals surface area contributed by atoms with Crippen molar-refractivity contribution in [3.8, 4) is 0 Å². The minimum Gasteiger partial charge on any atom is -0.399 e. The van der Waals surface area contributed by atoms with E-state index in [1.54, 1.807) is 6.07 Å². The van der Waals surface area contributed by atoms with E-state index >= 15 is 0 Å². The number of aromatic nitrogens is 1. The molecule has 2 rings (SSSR count). The van der Waals surface area contributed by atoms with Crippen molar-refractivity contribution < 1.29 is 1.37 Å². The van der Waals surface area contributed by atoms with Crippen molar-refractivity contribution >= 4 is 27.2 Å². The highest BCUT2D eigenvalue weighted by atomic mass is 32.1. The summed E-state index contributed by atoms with van der Waals surface area (Å²) >= 11 is 1.34. The number of benzene rings is 1. The summed E-state index contributed by atoms with van der Waals surface area (Å²) in [4.78, 5) is 3.98. The zero-order valence-electron chi connectivity index (χ0n) is 6.16. The number of rotatable bonds is 0. The first-order valence-electron chi connectivity index (χ1n) is 3.38. The normalized spacial score (nSPS) is 11.8. The van der Waals surface area contributed by atoms with Gasteiger partial charge in [-0.3, -0.25) is 0 Å². The molecule has 0 saturated carbocycles. The summed E-state index contributed by atoms with van der Waals surface area (Å²) in [6.45, 7) is 0. The zero-order chi connectivity index (χ0) is 7.84. The van der Waals surface area contributed by atoms with Crippen molar-refractivity contribution in [3.63, 3.8) is 0 Å². The Morgan fingerprint density at radius 2 is 2.50 bits per heavy atom. The Morgan fingerprint density at radius 3 is 3.40 bits per heavy atom. The van der Waals surface area contributed by atoms with E-state index in [1.807, 2.05) is 12.1 Å². The monoisotopic (exact) mass is 151 g/mol. The first kappa shape index (κ1) is 4.68. The molecule has 0 amide bonds. The number of hydrogen-bond donors (Lipinski definition) is 1. The summed E-state index contributed by atoms with van der Waals surface area (Å²) in [6.07, 6.45) is 0. The maximum Gasteiger partial charge on any atom is 0.0960 e. The average molecular weight is 151 g/mol. The van der Waals surface area contributed by atoms with Gasteiger partial charge in [0.15, 0.2) is 0 Å². The minimum atomic E-state index is 0.339. The van der Waals surface area contributed by atoms with Crippen molar-refractivity contribution in [3.05, 3.63) is 23.7 Å². The molecule has 2 nitrogen and oxygen atoms in total. The topological polar surface area (TPSA) is 38.9 Å². The molecule has 0 saturated heterocycles. The van der Waals surface area contributed by atoms with Crippen molar-refractivity contribution in [2.75, 3.05) is 5.73 Å². The van der Waals surface area contributed by atoms with Crippen molar-refractivity contribution in [2.24, 2.45) is 0 Å². The number of hydrogen-bond acceptors (Lipinski definition) is 3. The van der Waals surface area contributed by atoms with Gasteiger partial charge in [0.1, 0.15) is 0 Å². The lowest BCUT2D eigenvalue weighted by Crippen LogP contribution is -1.81. The highest BCUT2D eigenvalue weighted by Gasteiger charge is 1.93. The standard InChI is InChI=1S/C7H6N2S/c8-5-1-2-6-7(3-5)10-4-9-6/h1-4H,8H2/i4D. The summed E-state index contributed by atoms with van der Waals surface area (Å²) in [7, 11) is 0. The van der Waals surface area contributed by atoms with Crippen LogP contribution in [0.15, 0.2) is 23.7 Å². The zero-order valence-corrected chi connectivity index (χ0v) is 5.98. The Morgan fingerprint density at radius 1 is 1.60 bits per heavy atom. The third-order valence-electron chi connectivity index (χ3n) is 1.31. The Hall–Kier alpha value is -1.09. The number of fused-ring (bicyclic) bond motifs is 1. The first-order chi connectivity index (χ1) is 5.25. The van der Waals surface area contributed by atoms with Crippen LogP contribution in [0, 0.1) is 0 Å². The highest BCUT2D eigenvalue weighted by Crippen LogP contribution is 2.19. The summed E-state index contributed by atoms with van der Waals surface area (Å²) < 4.78 is 8.24. The lowest BCUT2D eigenvalue weighted by molar-refractivity contribution is 1.50. The van der Waals surface area contributed by atoms with Gasteiger partial charge in [-0.1, -0.05) is 0 Å². The van der Waals surface area contributed by atoms with Crippen molar-refractivity contribution in [2.45, 2.75) is 0 Å².